The van der Waals surface area contributed by atoms with Gasteiger partial charge in [0, 0.05) is 23.5 Å². The first-order valence-electron chi connectivity index (χ1n) is 7.76. The second-order valence-corrected chi connectivity index (χ2v) is 9.82. The van der Waals surface area contributed by atoms with Crippen LogP contribution in [0.5, 0.6) is 0 Å². The molecule has 3 aromatic rings. The van der Waals surface area contributed by atoms with Crippen molar-refractivity contribution < 1.29 is 26.7 Å². The zero-order chi connectivity index (χ0) is 20.0. The first-order chi connectivity index (χ1) is 12.5. The lowest BCUT2D eigenvalue weighted by molar-refractivity contribution is -0.136. The molecule has 1 N–H and O–H groups in total. The van der Waals surface area contributed by atoms with Crippen molar-refractivity contribution in [1.82, 2.24) is 8.96 Å². The van der Waals surface area contributed by atoms with Crippen molar-refractivity contribution in [1.29, 1.82) is 0 Å². The second-order valence-electron chi connectivity index (χ2n) is 6.02. The van der Waals surface area contributed by atoms with Crippen LogP contribution >= 0.6 is 0 Å². The predicted octanol–water partition coefficient (Wildman–Crippen LogP) is 1.61. The Bertz CT molecular complexity index is 1260. The van der Waals surface area contributed by atoms with Crippen molar-refractivity contribution >= 4 is 36.9 Å². The summed E-state index contributed by atoms with van der Waals surface area (Å²) in [4.78, 5) is 15.2. The maximum Gasteiger partial charge on any atom is 0.307 e. The van der Waals surface area contributed by atoms with Crippen molar-refractivity contribution in [2.24, 2.45) is 0 Å². The van der Waals surface area contributed by atoms with E-state index in [0.29, 0.717) is 10.9 Å². The van der Waals surface area contributed by atoms with E-state index >= 15 is 0 Å². The van der Waals surface area contributed by atoms with Crippen LogP contribution in [-0.4, -0.2) is 43.1 Å². The molecule has 0 unspecified atom stereocenters. The summed E-state index contributed by atoms with van der Waals surface area (Å²) in [5.74, 6) is -1.09. The standard InChI is InChI=1S/C17H16N2O6S2/c1-11-15(10-16(20)21)14-4-3-9-18-17(14)19(11)27(24,25)13-7-5-12(6-8-13)26(2,22)23/h3-9H,10H2,1-2H3,(H,20,21). The number of fused-ring (bicyclic) bond motifs is 1. The number of hydrogen-bond acceptors (Lipinski definition) is 6. The number of pyridine rings is 1. The first-order valence-corrected chi connectivity index (χ1v) is 11.1. The molecule has 0 aliphatic carbocycles. The monoisotopic (exact) mass is 408 g/mol. The van der Waals surface area contributed by atoms with Crippen LogP contribution in [0.1, 0.15) is 11.3 Å². The number of hydrogen-bond donors (Lipinski definition) is 1. The molecule has 0 atom stereocenters. The number of sulfone groups is 1. The number of carbonyl (C=O) groups is 1. The molecule has 27 heavy (non-hydrogen) atoms. The van der Waals surface area contributed by atoms with Gasteiger partial charge in [0.1, 0.15) is 0 Å². The molecular formula is C17H16N2O6S2. The highest BCUT2D eigenvalue weighted by molar-refractivity contribution is 7.91. The fraction of sp³-hybridized carbons (Fsp3) is 0.176. The Balaban J connectivity index is 2.25. The molecule has 0 aliphatic rings. The lowest BCUT2D eigenvalue weighted by atomic mass is 10.1. The Morgan fingerprint density at radius 3 is 2.22 bits per heavy atom. The molecule has 8 nitrogen and oxygen atoms in total. The SMILES string of the molecule is Cc1c(CC(=O)O)c2cccnc2n1S(=O)(=O)c1ccc(S(C)(=O)=O)cc1. The topological polar surface area (TPSA) is 123 Å². The molecule has 0 bridgehead atoms. The predicted molar refractivity (Wildman–Crippen MR) is 97.9 cm³/mol. The van der Waals surface area contributed by atoms with Crippen LogP contribution in [0.3, 0.4) is 0 Å². The van der Waals surface area contributed by atoms with E-state index < -0.39 is 25.8 Å². The maximum absolute atomic E-state index is 13.2. The number of carboxylic acids is 1. The minimum Gasteiger partial charge on any atom is -0.481 e. The normalized spacial score (nSPS) is 12.4. The summed E-state index contributed by atoms with van der Waals surface area (Å²) in [6.07, 6.45) is 2.11. The van der Waals surface area contributed by atoms with Gasteiger partial charge < -0.3 is 5.11 Å². The molecule has 3 rings (SSSR count). The van der Waals surface area contributed by atoms with E-state index in [9.17, 15) is 21.6 Å². The minimum absolute atomic E-state index is 0.000211. The molecule has 142 valence electrons. The van der Waals surface area contributed by atoms with Gasteiger partial charge in [-0.05, 0) is 48.9 Å². The number of carboxylic acid groups (broad SMARTS) is 1. The van der Waals surface area contributed by atoms with E-state index in [1.165, 1.54) is 37.4 Å². The van der Waals surface area contributed by atoms with Crippen molar-refractivity contribution in [3.8, 4) is 0 Å². The molecule has 0 spiro atoms. The lowest BCUT2D eigenvalue weighted by Gasteiger charge is -2.10. The Morgan fingerprint density at radius 2 is 1.67 bits per heavy atom. The third-order valence-corrected chi connectivity index (χ3v) is 7.09. The molecule has 0 saturated heterocycles. The molecule has 0 radical (unpaired) electrons. The minimum atomic E-state index is -4.11. The Morgan fingerprint density at radius 1 is 1.07 bits per heavy atom. The zero-order valence-electron chi connectivity index (χ0n) is 14.4. The smallest absolute Gasteiger partial charge is 0.307 e. The quantitative estimate of drug-likeness (QED) is 0.680. The number of benzene rings is 1. The summed E-state index contributed by atoms with van der Waals surface area (Å²) in [5, 5.41) is 9.59. The third-order valence-electron chi connectivity index (χ3n) is 4.16. The van der Waals surface area contributed by atoms with Crippen molar-refractivity contribution in [2.75, 3.05) is 6.26 Å². The average Bonchev–Trinajstić information content (AvgIpc) is 2.86. The van der Waals surface area contributed by atoms with E-state index in [1.807, 2.05) is 0 Å². The Hall–Kier alpha value is -2.72. The molecule has 0 aliphatic heterocycles. The number of aromatic nitrogens is 2. The van der Waals surface area contributed by atoms with E-state index in [2.05, 4.69) is 4.98 Å². The van der Waals surface area contributed by atoms with Gasteiger partial charge >= 0.3 is 5.97 Å². The van der Waals surface area contributed by atoms with Gasteiger partial charge in [0.25, 0.3) is 10.0 Å². The van der Waals surface area contributed by atoms with Crippen molar-refractivity contribution in [2.45, 2.75) is 23.1 Å². The summed E-state index contributed by atoms with van der Waals surface area (Å²) in [5.41, 5.74) is 0.735. The van der Waals surface area contributed by atoms with Crippen molar-refractivity contribution in [3.05, 3.63) is 53.9 Å². The third kappa shape index (κ3) is 3.33. The summed E-state index contributed by atoms with van der Waals surface area (Å²) in [6, 6.07) is 8.06. The largest absolute Gasteiger partial charge is 0.481 e. The first kappa shape index (κ1) is 19.1. The molecule has 0 saturated carbocycles. The van der Waals surface area contributed by atoms with Gasteiger partial charge in [-0.3, -0.25) is 4.79 Å². The van der Waals surface area contributed by atoms with Crippen LogP contribution in [0.15, 0.2) is 52.4 Å². The Kier molecular flexibility index (Phi) is 4.56. The number of aliphatic carboxylic acids is 1. The van der Waals surface area contributed by atoms with E-state index in [0.717, 1.165) is 10.2 Å². The Labute approximate surface area is 156 Å². The van der Waals surface area contributed by atoms with E-state index in [1.54, 1.807) is 12.1 Å². The highest BCUT2D eigenvalue weighted by Gasteiger charge is 2.26. The van der Waals surface area contributed by atoms with Crippen molar-refractivity contribution in [3.63, 3.8) is 0 Å². The van der Waals surface area contributed by atoms with Crippen LogP contribution in [0.4, 0.5) is 0 Å². The maximum atomic E-state index is 13.2. The fourth-order valence-corrected chi connectivity index (χ4v) is 5.07. The highest BCUT2D eigenvalue weighted by Crippen LogP contribution is 2.29. The molecule has 2 aromatic heterocycles. The van der Waals surface area contributed by atoms with Gasteiger partial charge in [-0.25, -0.2) is 25.8 Å². The summed E-state index contributed by atoms with van der Waals surface area (Å²) in [6.45, 7) is 1.52. The van der Waals surface area contributed by atoms with Gasteiger partial charge in [-0.2, -0.15) is 0 Å². The van der Waals surface area contributed by atoms with Crippen LogP contribution in [0, 0.1) is 6.92 Å². The average molecular weight is 408 g/mol. The van der Waals surface area contributed by atoms with Crippen LogP contribution in [-0.2, 0) is 31.1 Å². The van der Waals surface area contributed by atoms with Crippen LogP contribution in [0.2, 0.25) is 0 Å². The number of nitrogens with zero attached hydrogens (tertiary/aromatic N) is 2. The van der Waals surface area contributed by atoms with Gasteiger partial charge in [-0.1, -0.05) is 0 Å². The second kappa shape index (κ2) is 6.46. The van der Waals surface area contributed by atoms with Crippen LogP contribution in [0.25, 0.3) is 11.0 Å². The fourth-order valence-electron chi connectivity index (χ4n) is 2.90. The molecule has 1 aromatic carbocycles. The van der Waals surface area contributed by atoms with E-state index in [4.69, 9.17) is 5.11 Å². The summed E-state index contributed by atoms with van der Waals surface area (Å²) in [7, 11) is -7.57. The van der Waals surface area contributed by atoms with Gasteiger partial charge in [0.05, 0.1) is 16.2 Å². The van der Waals surface area contributed by atoms with Gasteiger partial charge in [0.15, 0.2) is 15.5 Å². The van der Waals surface area contributed by atoms with E-state index in [-0.39, 0.29) is 27.6 Å². The molecule has 0 fully saturated rings. The molecular weight excluding hydrogens is 392 g/mol. The zero-order valence-corrected chi connectivity index (χ0v) is 16.1. The lowest BCUT2D eigenvalue weighted by Crippen LogP contribution is -2.15. The van der Waals surface area contributed by atoms with Gasteiger partial charge in [-0.15, -0.1) is 0 Å². The molecule has 2 heterocycles. The van der Waals surface area contributed by atoms with Crippen LogP contribution < -0.4 is 0 Å². The summed E-state index contributed by atoms with van der Waals surface area (Å²) < 4.78 is 50.5. The molecule has 10 heteroatoms. The van der Waals surface area contributed by atoms with Gasteiger partial charge in [0.2, 0.25) is 0 Å². The summed E-state index contributed by atoms with van der Waals surface area (Å²) >= 11 is 0. The highest BCUT2D eigenvalue weighted by atomic mass is 32.2. The number of rotatable bonds is 5. The molecule has 0 amide bonds.